The monoisotopic (exact) mass is 88.0 g/mol. The molecule has 0 aromatic carbocycles. The minimum Gasteiger partial charge on any atom is -0.132 e. The second-order valence-corrected chi connectivity index (χ2v) is 0.871. The minimum absolute atomic E-state index is 0.517. The van der Waals surface area contributed by atoms with Crippen molar-refractivity contribution < 1.29 is 0 Å². The Morgan fingerprint density at radius 1 is 2.00 bits per heavy atom. The SMILES string of the molecule is C=C=CCCl. The summed E-state index contributed by atoms with van der Waals surface area (Å²) >= 11 is 5.14. The average Bonchev–Trinajstić information content (AvgIpc) is 1.41. The van der Waals surface area contributed by atoms with Crippen LogP contribution in [0, 0.1) is 0 Å². The van der Waals surface area contributed by atoms with Gasteiger partial charge in [0.2, 0.25) is 0 Å². The van der Waals surface area contributed by atoms with Crippen molar-refractivity contribution in [2.45, 2.75) is 0 Å². The van der Waals surface area contributed by atoms with E-state index in [1.165, 1.54) is 0 Å². The van der Waals surface area contributed by atoms with Crippen molar-refractivity contribution in [2.75, 3.05) is 5.88 Å². The van der Waals surface area contributed by atoms with Gasteiger partial charge in [0.15, 0.2) is 0 Å². The van der Waals surface area contributed by atoms with Crippen LogP contribution in [-0.2, 0) is 0 Å². The maximum atomic E-state index is 5.14. The zero-order valence-corrected chi connectivity index (χ0v) is 3.63. The molecule has 0 aliphatic heterocycles. The third kappa shape index (κ3) is 3.81. The summed E-state index contributed by atoms with van der Waals surface area (Å²) in [6.45, 7) is 3.29. The number of rotatable bonds is 1. The fraction of sp³-hybridized carbons (Fsp3) is 0.250. The van der Waals surface area contributed by atoms with Gasteiger partial charge in [0.1, 0.15) is 0 Å². The Hall–Kier alpha value is -0.190. The quantitative estimate of drug-likeness (QED) is 0.337. The van der Waals surface area contributed by atoms with Gasteiger partial charge in [0.05, 0.1) is 0 Å². The molecule has 0 heterocycles. The summed E-state index contributed by atoms with van der Waals surface area (Å²) in [6, 6.07) is 0. The summed E-state index contributed by atoms with van der Waals surface area (Å²) in [6.07, 6.45) is 1.65. The van der Waals surface area contributed by atoms with Crippen molar-refractivity contribution in [1.29, 1.82) is 0 Å². The Morgan fingerprint density at radius 2 is 2.60 bits per heavy atom. The molecule has 0 atom stereocenters. The van der Waals surface area contributed by atoms with Crippen molar-refractivity contribution in [3.63, 3.8) is 0 Å². The lowest BCUT2D eigenvalue weighted by molar-refractivity contribution is 1.78. The number of halogens is 1. The lowest BCUT2D eigenvalue weighted by atomic mass is 10.7. The Morgan fingerprint density at radius 3 is 2.60 bits per heavy atom. The van der Waals surface area contributed by atoms with Crippen molar-refractivity contribution in [3.8, 4) is 0 Å². The Labute approximate surface area is 36.8 Å². The molecule has 0 radical (unpaired) electrons. The van der Waals surface area contributed by atoms with Crippen LogP contribution in [0.15, 0.2) is 18.4 Å². The highest BCUT2D eigenvalue weighted by atomic mass is 35.5. The van der Waals surface area contributed by atoms with E-state index in [-0.39, 0.29) is 0 Å². The standard InChI is InChI=1S/C4H5Cl/c1-2-3-4-5/h3H,1,4H2. The van der Waals surface area contributed by atoms with E-state index in [4.69, 9.17) is 11.6 Å². The molecule has 0 aromatic rings. The number of alkyl halides is 1. The molecule has 0 aromatic heterocycles. The van der Waals surface area contributed by atoms with Crippen LogP contribution in [0.2, 0.25) is 0 Å². The lowest BCUT2D eigenvalue weighted by Crippen LogP contribution is -1.47. The molecule has 0 bridgehead atoms. The number of allylic oxidation sites excluding steroid dienone is 1. The normalized spacial score (nSPS) is 5.80. The average molecular weight is 88.5 g/mol. The van der Waals surface area contributed by atoms with Crippen LogP contribution in [-0.4, -0.2) is 5.88 Å². The summed E-state index contributed by atoms with van der Waals surface area (Å²) in [5.41, 5.74) is 2.51. The van der Waals surface area contributed by atoms with E-state index in [0.717, 1.165) is 0 Å². The van der Waals surface area contributed by atoms with E-state index < -0.39 is 0 Å². The van der Waals surface area contributed by atoms with Gasteiger partial charge in [-0.25, -0.2) is 0 Å². The Balaban J connectivity index is 2.93. The van der Waals surface area contributed by atoms with Gasteiger partial charge in [-0.1, -0.05) is 6.58 Å². The molecule has 0 aliphatic carbocycles. The van der Waals surface area contributed by atoms with E-state index >= 15 is 0 Å². The summed E-state index contributed by atoms with van der Waals surface area (Å²) in [7, 11) is 0. The van der Waals surface area contributed by atoms with Crippen LogP contribution in [0.25, 0.3) is 0 Å². The zero-order chi connectivity index (χ0) is 4.12. The van der Waals surface area contributed by atoms with Crippen LogP contribution < -0.4 is 0 Å². The lowest BCUT2D eigenvalue weighted by Gasteiger charge is -1.57. The molecule has 0 nitrogen and oxygen atoms in total. The molecule has 5 heavy (non-hydrogen) atoms. The molecule has 0 unspecified atom stereocenters. The number of hydrogen-bond donors (Lipinski definition) is 0. The predicted molar refractivity (Wildman–Crippen MR) is 24.4 cm³/mol. The fourth-order valence-corrected chi connectivity index (χ4v) is 0.164. The van der Waals surface area contributed by atoms with Crippen LogP contribution in [0.3, 0.4) is 0 Å². The fourth-order valence-electron chi connectivity index (χ4n) is 0.0546. The van der Waals surface area contributed by atoms with Gasteiger partial charge in [-0.2, -0.15) is 0 Å². The third-order valence-electron chi connectivity index (χ3n) is 0.221. The van der Waals surface area contributed by atoms with Crippen LogP contribution in [0.1, 0.15) is 0 Å². The van der Waals surface area contributed by atoms with Crippen LogP contribution >= 0.6 is 11.6 Å². The van der Waals surface area contributed by atoms with Crippen molar-refractivity contribution in [3.05, 3.63) is 18.4 Å². The molecular formula is C4H5Cl. The van der Waals surface area contributed by atoms with E-state index in [9.17, 15) is 0 Å². The van der Waals surface area contributed by atoms with Gasteiger partial charge in [-0.3, -0.25) is 0 Å². The van der Waals surface area contributed by atoms with E-state index in [1.807, 2.05) is 0 Å². The highest BCUT2D eigenvalue weighted by Crippen LogP contribution is 1.69. The molecule has 0 fully saturated rings. The van der Waals surface area contributed by atoms with E-state index in [2.05, 4.69) is 12.3 Å². The molecule has 0 saturated heterocycles. The second-order valence-electron chi connectivity index (χ2n) is 0.563. The zero-order valence-electron chi connectivity index (χ0n) is 2.87. The van der Waals surface area contributed by atoms with Gasteiger partial charge < -0.3 is 0 Å². The van der Waals surface area contributed by atoms with Crippen LogP contribution in [0.5, 0.6) is 0 Å². The first kappa shape index (κ1) is 4.81. The Kier molecular flexibility index (Phi) is 3.67. The van der Waals surface area contributed by atoms with E-state index in [0.29, 0.717) is 5.88 Å². The summed E-state index contributed by atoms with van der Waals surface area (Å²) in [5, 5.41) is 0. The summed E-state index contributed by atoms with van der Waals surface area (Å²) < 4.78 is 0. The highest BCUT2D eigenvalue weighted by molar-refractivity contribution is 6.18. The number of hydrogen-bond acceptors (Lipinski definition) is 0. The molecule has 0 amide bonds. The smallest absolute Gasteiger partial charge is 0.0478 e. The third-order valence-corrected chi connectivity index (χ3v) is 0.376. The predicted octanol–water partition coefficient (Wildman–Crippen LogP) is 1.57. The van der Waals surface area contributed by atoms with Crippen molar-refractivity contribution in [1.82, 2.24) is 0 Å². The van der Waals surface area contributed by atoms with Gasteiger partial charge in [-0.05, 0) is 6.08 Å². The topological polar surface area (TPSA) is 0 Å². The Bertz CT molecular complexity index is 50.7. The van der Waals surface area contributed by atoms with Crippen molar-refractivity contribution in [2.24, 2.45) is 0 Å². The van der Waals surface area contributed by atoms with Gasteiger partial charge in [-0.15, -0.1) is 17.3 Å². The maximum absolute atomic E-state index is 5.14. The largest absolute Gasteiger partial charge is 0.132 e. The molecule has 0 spiro atoms. The first-order valence-electron chi connectivity index (χ1n) is 1.32. The minimum atomic E-state index is 0.517. The van der Waals surface area contributed by atoms with Gasteiger partial charge >= 0.3 is 0 Å². The molecule has 28 valence electrons. The van der Waals surface area contributed by atoms with E-state index in [1.54, 1.807) is 6.08 Å². The molecule has 0 rings (SSSR count). The first-order chi connectivity index (χ1) is 2.41. The molecular weight excluding hydrogens is 83.5 g/mol. The van der Waals surface area contributed by atoms with Gasteiger partial charge in [0, 0.05) is 5.88 Å². The molecule has 0 saturated carbocycles. The summed E-state index contributed by atoms with van der Waals surface area (Å²) in [5.74, 6) is 0.517. The maximum Gasteiger partial charge on any atom is 0.0478 e. The molecule has 1 heteroatoms. The molecule has 0 aliphatic rings. The summed E-state index contributed by atoms with van der Waals surface area (Å²) in [4.78, 5) is 0. The first-order valence-corrected chi connectivity index (χ1v) is 1.85. The second kappa shape index (κ2) is 3.81. The molecule has 0 N–H and O–H groups in total. The highest BCUT2D eigenvalue weighted by Gasteiger charge is 1.52. The van der Waals surface area contributed by atoms with Crippen molar-refractivity contribution >= 4 is 11.6 Å². The van der Waals surface area contributed by atoms with Gasteiger partial charge in [0.25, 0.3) is 0 Å². The van der Waals surface area contributed by atoms with Crippen LogP contribution in [0.4, 0.5) is 0 Å².